The van der Waals surface area contributed by atoms with Gasteiger partial charge in [-0.15, -0.1) is 12.3 Å². The third-order valence-corrected chi connectivity index (χ3v) is 1.20. The van der Waals surface area contributed by atoms with E-state index in [1.54, 1.807) is 0 Å². The van der Waals surface area contributed by atoms with Crippen molar-refractivity contribution in [3.8, 4) is 18.4 Å². The normalized spacial score (nSPS) is 9.78. The Balaban J connectivity index is 3.65. The van der Waals surface area contributed by atoms with Gasteiger partial charge in [-0.3, -0.25) is 0 Å². The van der Waals surface area contributed by atoms with Crippen LogP contribution in [0.1, 0.15) is 26.7 Å². The zero-order valence-corrected chi connectivity index (χ0v) is 5.94. The average molecular weight is 121 g/mol. The van der Waals surface area contributed by atoms with Gasteiger partial charge >= 0.3 is 0 Å². The van der Waals surface area contributed by atoms with E-state index >= 15 is 0 Å². The molecule has 0 N–H and O–H groups in total. The lowest BCUT2D eigenvalue weighted by Gasteiger charge is -2.11. The summed E-state index contributed by atoms with van der Waals surface area (Å²) < 4.78 is 0. The van der Waals surface area contributed by atoms with Crippen molar-refractivity contribution in [3.63, 3.8) is 0 Å². The zero-order chi connectivity index (χ0) is 7.33. The van der Waals surface area contributed by atoms with Gasteiger partial charge in [-0.1, -0.05) is 0 Å². The van der Waals surface area contributed by atoms with E-state index in [0.29, 0.717) is 6.42 Å². The molecular weight excluding hydrogens is 110 g/mol. The Morgan fingerprint density at radius 2 is 2.11 bits per heavy atom. The molecule has 0 aliphatic rings. The molecule has 0 aromatic carbocycles. The second kappa shape index (κ2) is 3.15. The van der Waals surface area contributed by atoms with Gasteiger partial charge in [0.2, 0.25) is 0 Å². The molecule has 0 spiro atoms. The van der Waals surface area contributed by atoms with Gasteiger partial charge in [-0.25, -0.2) is 0 Å². The molecule has 0 bridgehead atoms. The van der Waals surface area contributed by atoms with Crippen LogP contribution in [0.15, 0.2) is 0 Å². The Labute approximate surface area is 56.7 Å². The molecule has 0 rings (SSSR count). The number of hydrogen-bond acceptors (Lipinski definition) is 1. The topological polar surface area (TPSA) is 23.8 Å². The fraction of sp³-hybridized carbons (Fsp3) is 0.625. The Morgan fingerprint density at radius 3 is 2.44 bits per heavy atom. The lowest BCUT2D eigenvalue weighted by Crippen LogP contribution is -2.06. The van der Waals surface area contributed by atoms with Crippen molar-refractivity contribution < 1.29 is 0 Å². The van der Waals surface area contributed by atoms with Gasteiger partial charge in [0.15, 0.2) is 0 Å². The van der Waals surface area contributed by atoms with Crippen molar-refractivity contribution in [1.82, 2.24) is 0 Å². The van der Waals surface area contributed by atoms with Crippen LogP contribution in [0.2, 0.25) is 0 Å². The van der Waals surface area contributed by atoms with Gasteiger partial charge in [0, 0.05) is 6.42 Å². The van der Waals surface area contributed by atoms with Crippen molar-refractivity contribution in [2.75, 3.05) is 0 Å². The summed E-state index contributed by atoms with van der Waals surface area (Å²) >= 11 is 0. The van der Waals surface area contributed by atoms with Crippen LogP contribution in [-0.2, 0) is 0 Å². The molecule has 1 nitrogen and oxygen atoms in total. The monoisotopic (exact) mass is 121 g/mol. The molecule has 48 valence electrons. The lowest BCUT2D eigenvalue weighted by molar-refractivity contribution is 0.460. The zero-order valence-electron chi connectivity index (χ0n) is 5.94. The molecule has 0 fully saturated rings. The van der Waals surface area contributed by atoms with E-state index in [1.807, 2.05) is 13.8 Å². The number of rotatable bonds is 2. The Kier molecular flexibility index (Phi) is 2.82. The van der Waals surface area contributed by atoms with Crippen LogP contribution >= 0.6 is 0 Å². The van der Waals surface area contributed by atoms with Crippen molar-refractivity contribution in [2.45, 2.75) is 26.7 Å². The van der Waals surface area contributed by atoms with Crippen molar-refractivity contribution in [1.29, 1.82) is 5.26 Å². The summed E-state index contributed by atoms with van der Waals surface area (Å²) in [6.07, 6.45) is 6.52. The van der Waals surface area contributed by atoms with E-state index in [-0.39, 0.29) is 5.41 Å². The van der Waals surface area contributed by atoms with Crippen LogP contribution in [0.5, 0.6) is 0 Å². The quantitative estimate of drug-likeness (QED) is 0.512. The van der Waals surface area contributed by atoms with Crippen molar-refractivity contribution >= 4 is 0 Å². The van der Waals surface area contributed by atoms with E-state index < -0.39 is 0 Å². The van der Waals surface area contributed by atoms with E-state index in [9.17, 15) is 0 Å². The van der Waals surface area contributed by atoms with Gasteiger partial charge in [-0.2, -0.15) is 5.26 Å². The van der Waals surface area contributed by atoms with Gasteiger partial charge in [-0.05, 0) is 20.3 Å². The summed E-state index contributed by atoms with van der Waals surface area (Å²) in [5.74, 6) is 2.51. The molecule has 0 atom stereocenters. The van der Waals surface area contributed by atoms with Gasteiger partial charge in [0.05, 0.1) is 11.5 Å². The summed E-state index contributed by atoms with van der Waals surface area (Å²) in [6.45, 7) is 3.79. The summed E-state index contributed by atoms with van der Waals surface area (Å²) in [7, 11) is 0. The minimum absolute atomic E-state index is 0.244. The Hall–Kier alpha value is -0.950. The minimum atomic E-state index is -0.244. The maximum absolute atomic E-state index is 8.50. The summed E-state index contributed by atoms with van der Waals surface area (Å²) in [5, 5.41) is 8.50. The fourth-order valence-electron chi connectivity index (χ4n) is 0.441. The van der Waals surface area contributed by atoms with Crippen LogP contribution in [-0.4, -0.2) is 0 Å². The minimum Gasteiger partial charge on any atom is -0.198 e. The first-order valence-electron chi connectivity index (χ1n) is 2.97. The molecule has 9 heavy (non-hydrogen) atoms. The first-order chi connectivity index (χ1) is 4.12. The first kappa shape index (κ1) is 8.05. The van der Waals surface area contributed by atoms with Gasteiger partial charge in [0.1, 0.15) is 0 Å². The van der Waals surface area contributed by atoms with Crippen LogP contribution < -0.4 is 0 Å². The first-order valence-corrected chi connectivity index (χ1v) is 2.97. The summed E-state index contributed by atoms with van der Waals surface area (Å²) in [4.78, 5) is 0. The highest BCUT2D eigenvalue weighted by atomic mass is 14.3. The van der Waals surface area contributed by atoms with E-state index in [0.717, 1.165) is 6.42 Å². The molecule has 0 saturated heterocycles. The molecule has 0 radical (unpaired) electrons. The second-order valence-electron chi connectivity index (χ2n) is 2.70. The van der Waals surface area contributed by atoms with Crippen LogP contribution in [0.25, 0.3) is 0 Å². The third kappa shape index (κ3) is 3.62. The predicted molar refractivity (Wildman–Crippen MR) is 37.5 cm³/mol. The summed E-state index contributed by atoms with van der Waals surface area (Å²) in [5.41, 5.74) is -0.244. The van der Waals surface area contributed by atoms with Crippen molar-refractivity contribution in [3.05, 3.63) is 0 Å². The molecule has 1 heteroatoms. The standard InChI is InChI=1S/C8H11N/c1-4-5-6-8(2,3)7-9/h1H,5-6H2,2-3H3. The average Bonchev–Trinajstić information content (AvgIpc) is 1.84. The van der Waals surface area contributed by atoms with E-state index in [2.05, 4.69) is 12.0 Å². The molecule has 0 unspecified atom stereocenters. The largest absolute Gasteiger partial charge is 0.198 e. The highest BCUT2D eigenvalue weighted by molar-refractivity contribution is 4.95. The molecule has 0 aromatic heterocycles. The number of hydrogen-bond donors (Lipinski definition) is 0. The molecule has 0 aliphatic carbocycles. The molecule has 0 saturated carbocycles. The maximum atomic E-state index is 8.50. The molecule has 0 aliphatic heterocycles. The number of terminal acetylenes is 1. The third-order valence-electron chi connectivity index (χ3n) is 1.20. The smallest absolute Gasteiger partial charge is 0.0684 e. The molecule has 0 aromatic rings. The van der Waals surface area contributed by atoms with Crippen LogP contribution in [0, 0.1) is 29.1 Å². The maximum Gasteiger partial charge on any atom is 0.0684 e. The molecule has 0 heterocycles. The Morgan fingerprint density at radius 1 is 1.56 bits per heavy atom. The highest BCUT2D eigenvalue weighted by Gasteiger charge is 2.14. The second-order valence-corrected chi connectivity index (χ2v) is 2.70. The predicted octanol–water partition coefficient (Wildman–Crippen LogP) is 1.95. The van der Waals surface area contributed by atoms with Crippen LogP contribution in [0.4, 0.5) is 0 Å². The van der Waals surface area contributed by atoms with Gasteiger partial charge < -0.3 is 0 Å². The highest BCUT2D eigenvalue weighted by Crippen LogP contribution is 2.19. The molecular formula is C8H11N. The lowest BCUT2D eigenvalue weighted by atomic mass is 9.90. The van der Waals surface area contributed by atoms with E-state index in [4.69, 9.17) is 11.7 Å². The number of nitrogens with zero attached hydrogens (tertiary/aromatic N) is 1. The summed E-state index contributed by atoms with van der Waals surface area (Å²) in [6, 6.07) is 2.18. The van der Waals surface area contributed by atoms with E-state index in [1.165, 1.54) is 0 Å². The number of nitriles is 1. The SMILES string of the molecule is C#CCCC(C)(C)C#N. The van der Waals surface area contributed by atoms with Crippen LogP contribution in [0.3, 0.4) is 0 Å². The molecule has 0 amide bonds. The Bertz CT molecular complexity index is 154. The van der Waals surface area contributed by atoms with Gasteiger partial charge in [0.25, 0.3) is 0 Å². The fourth-order valence-corrected chi connectivity index (χ4v) is 0.441. The van der Waals surface area contributed by atoms with Crippen molar-refractivity contribution in [2.24, 2.45) is 5.41 Å².